The molecule has 2 rings (SSSR count). The number of hydrogen-bond donors (Lipinski definition) is 4. The van der Waals surface area contributed by atoms with E-state index in [-0.39, 0.29) is 36.7 Å². The first-order valence-electron chi connectivity index (χ1n) is 8.17. The highest BCUT2D eigenvalue weighted by molar-refractivity contribution is 5.88. The largest absolute Gasteiger partial charge is 0.358 e. The Morgan fingerprint density at radius 3 is 2.52 bits per heavy atom. The molecule has 0 bridgehead atoms. The number of H-pyrrole nitrogens is 1. The van der Waals surface area contributed by atoms with Crippen molar-refractivity contribution in [1.29, 1.82) is 0 Å². The third-order valence-electron chi connectivity index (χ3n) is 4.31. The first kappa shape index (κ1) is 21.0. The van der Waals surface area contributed by atoms with Crippen molar-refractivity contribution in [2.45, 2.75) is 40.3 Å². The summed E-state index contributed by atoms with van der Waals surface area (Å²) in [5, 5.41) is 6.53. The van der Waals surface area contributed by atoms with Crippen LogP contribution >= 0.6 is 12.4 Å². The van der Waals surface area contributed by atoms with Gasteiger partial charge in [-0.05, 0) is 43.0 Å². The molecule has 1 aromatic carbocycles. The van der Waals surface area contributed by atoms with Gasteiger partial charge in [0.15, 0.2) is 0 Å². The lowest BCUT2D eigenvalue weighted by Gasteiger charge is -2.15. The number of benzene rings is 1. The molecule has 0 radical (unpaired) electrons. The van der Waals surface area contributed by atoms with Gasteiger partial charge in [-0.15, -0.1) is 12.4 Å². The van der Waals surface area contributed by atoms with Crippen LogP contribution in [0.15, 0.2) is 18.2 Å². The van der Waals surface area contributed by atoms with Crippen molar-refractivity contribution in [1.82, 2.24) is 15.6 Å². The molecule has 0 aliphatic heterocycles. The fourth-order valence-electron chi connectivity index (χ4n) is 2.47. The van der Waals surface area contributed by atoms with Gasteiger partial charge in [-0.25, -0.2) is 0 Å². The number of nitrogens with two attached hydrogens (primary N) is 1. The lowest BCUT2D eigenvalue weighted by molar-refractivity contribution is -0.127. The van der Waals surface area contributed by atoms with Gasteiger partial charge in [0.05, 0.1) is 12.6 Å². The third kappa shape index (κ3) is 5.21. The van der Waals surface area contributed by atoms with Crippen LogP contribution in [0.3, 0.4) is 0 Å². The summed E-state index contributed by atoms with van der Waals surface area (Å²) in [4.78, 5) is 26.9. The maximum Gasteiger partial charge on any atom is 0.239 e. The number of amides is 2. The summed E-state index contributed by atoms with van der Waals surface area (Å²) >= 11 is 0. The lowest BCUT2D eigenvalue weighted by atomic mass is 10.1. The van der Waals surface area contributed by atoms with Gasteiger partial charge in [-0.1, -0.05) is 19.9 Å². The zero-order valence-electron chi connectivity index (χ0n) is 15.1. The van der Waals surface area contributed by atoms with Gasteiger partial charge in [0.2, 0.25) is 11.8 Å². The molecule has 1 heterocycles. The second-order valence-electron chi connectivity index (χ2n) is 6.52. The number of fused-ring (bicyclic) bond motifs is 1. The molecule has 1 aromatic heterocycles. The van der Waals surface area contributed by atoms with Gasteiger partial charge in [0, 0.05) is 23.1 Å². The molecule has 25 heavy (non-hydrogen) atoms. The fourth-order valence-corrected chi connectivity index (χ4v) is 2.47. The van der Waals surface area contributed by atoms with Crippen LogP contribution in [0, 0.1) is 19.8 Å². The molecular formula is C18H27ClN4O2. The molecule has 5 N–H and O–H groups in total. The minimum atomic E-state index is -0.597. The molecular weight excluding hydrogens is 340 g/mol. The van der Waals surface area contributed by atoms with E-state index in [0.29, 0.717) is 6.54 Å². The quantitative estimate of drug-likeness (QED) is 0.628. The number of halogens is 1. The molecule has 0 saturated carbocycles. The molecule has 0 spiro atoms. The minimum Gasteiger partial charge on any atom is -0.358 e. The van der Waals surface area contributed by atoms with Crippen LogP contribution in [0.5, 0.6) is 0 Å². The highest BCUT2D eigenvalue weighted by atomic mass is 35.5. The predicted molar refractivity (Wildman–Crippen MR) is 103 cm³/mol. The van der Waals surface area contributed by atoms with Crippen LogP contribution in [-0.4, -0.2) is 29.4 Å². The lowest BCUT2D eigenvalue weighted by Crippen LogP contribution is -2.47. The summed E-state index contributed by atoms with van der Waals surface area (Å²) in [5.41, 5.74) is 10.2. The first-order chi connectivity index (χ1) is 11.3. The second kappa shape index (κ2) is 8.87. The first-order valence-corrected chi connectivity index (χ1v) is 8.17. The van der Waals surface area contributed by atoms with Crippen molar-refractivity contribution in [2.75, 3.05) is 6.54 Å². The van der Waals surface area contributed by atoms with Crippen molar-refractivity contribution < 1.29 is 9.59 Å². The Bertz CT molecular complexity index is 755. The van der Waals surface area contributed by atoms with E-state index >= 15 is 0 Å². The molecule has 0 unspecified atom stereocenters. The third-order valence-corrected chi connectivity index (χ3v) is 4.31. The van der Waals surface area contributed by atoms with Crippen LogP contribution in [0.4, 0.5) is 0 Å². The Morgan fingerprint density at radius 1 is 1.20 bits per heavy atom. The summed E-state index contributed by atoms with van der Waals surface area (Å²) in [5.74, 6) is -0.505. The molecule has 0 aliphatic rings. The Hall–Kier alpha value is -2.05. The van der Waals surface area contributed by atoms with E-state index in [1.807, 2.05) is 32.9 Å². The zero-order chi connectivity index (χ0) is 17.9. The monoisotopic (exact) mass is 366 g/mol. The van der Waals surface area contributed by atoms with Crippen molar-refractivity contribution in [2.24, 2.45) is 11.7 Å². The van der Waals surface area contributed by atoms with Crippen LogP contribution in [-0.2, 0) is 16.1 Å². The fraction of sp³-hybridized carbons (Fsp3) is 0.444. The van der Waals surface area contributed by atoms with E-state index < -0.39 is 6.04 Å². The number of carbonyl (C=O) groups excluding carboxylic acids is 2. The van der Waals surface area contributed by atoms with Gasteiger partial charge in [-0.3, -0.25) is 9.59 Å². The molecule has 0 fully saturated rings. The maximum atomic E-state index is 11.9. The van der Waals surface area contributed by atoms with Crippen molar-refractivity contribution in [3.05, 3.63) is 35.0 Å². The normalized spacial score (nSPS) is 11.9. The van der Waals surface area contributed by atoms with Crippen LogP contribution in [0.25, 0.3) is 10.9 Å². The van der Waals surface area contributed by atoms with Crippen LogP contribution < -0.4 is 16.4 Å². The van der Waals surface area contributed by atoms with Crippen LogP contribution in [0.1, 0.15) is 30.7 Å². The van der Waals surface area contributed by atoms with Gasteiger partial charge in [0.25, 0.3) is 0 Å². The predicted octanol–water partition coefficient (Wildman–Crippen LogP) is 1.92. The second-order valence-corrected chi connectivity index (χ2v) is 6.52. The Balaban J connectivity index is 0.00000312. The highest BCUT2D eigenvalue weighted by Crippen LogP contribution is 2.22. The van der Waals surface area contributed by atoms with Crippen molar-refractivity contribution >= 4 is 35.1 Å². The van der Waals surface area contributed by atoms with E-state index in [9.17, 15) is 9.59 Å². The smallest absolute Gasteiger partial charge is 0.239 e. The summed E-state index contributed by atoms with van der Waals surface area (Å²) in [6.45, 7) is 8.20. The number of aromatic nitrogens is 1. The molecule has 7 heteroatoms. The summed E-state index contributed by atoms with van der Waals surface area (Å²) in [6, 6.07) is 5.47. The average molecular weight is 367 g/mol. The van der Waals surface area contributed by atoms with E-state index in [1.54, 1.807) is 0 Å². The minimum absolute atomic E-state index is 0. The summed E-state index contributed by atoms with van der Waals surface area (Å²) in [6.07, 6.45) is 0. The number of aryl methyl sites for hydroxylation is 2. The van der Waals surface area contributed by atoms with Gasteiger partial charge in [0.1, 0.15) is 0 Å². The number of carbonyl (C=O) groups is 2. The Kier molecular flexibility index (Phi) is 7.45. The van der Waals surface area contributed by atoms with E-state index in [4.69, 9.17) is 5.73 Å². The van der Waals surface area contributed by atoms with E-state index in [1.165, 1.54) is 5.56 Å². The molecule has 2 aromatic rings. The molecule has 1 atom stereocenters. The summed E-state index contributed by atoms with van der Waals surface area (Å²) < 4.78 is 0. The van der Waals surface area contributed by atoms with Crippen molar-refractivity contribution in [3.8, 4) is 0 Å². The Labute approximate surface area is 154 Å². The SMILES string of the molecule is Cc1[nH]c2ccc(CNC(=O)CNC(=O)[C@@H](N)C(C)C)cc2c1C.Cl. The standard InChI is InChI=1S/C18H26N4O2.ClH/c1-10(2)17(19)18(24)21-9-16(23)20-8-13-5-6-15-14(7-13)11(3)12(4)22-15;/h5-7,10,17,22H,8-9,19H2,1-4H3,(H,20,23)(H,21,24);1H/t17-;/m0./s1. The summed E-state index contributed by atoms with van der Waals surface area (Å²) in [7, 11) is 0. The molecule has 6 nitrogen and oxygen atoms in total. The number of hydrogen-bond acceptors (Lipinski definition) is 3. The van der Waals surface area contributed by atoms with Crippen molar-refractivity contribution in [3.63, 3.8) is 0 Å². The van der Waals surface area contributed by atoms with Crippen LogP contribution in [0.2, 0.25) is 0 Å². The number of aromatic amines is 1. The average Bonchev–Trinajstić information content (AvgIpc) is 2.84. The number of nitrogens with one attached hydrogen (secondary N) is 3. The van der Waals surface area contributed by atoms with Gasteiger partial charge >= 0.3 is 0 Å². The van der Waals surface area contributed by atoms with Gasteiger partial charge < -0.3 is 21.4 Å². The molecule has 138 valence electrons. The number of rotatable bonds is 6. The van der Waals surface area contributed by atoms with Gasteiger partial charge in [-0.2, -0.15) is 0 Å². The highest BCUT2D eigenvalue weighted by Gasteiger charge is 2.17. The van der Waals surface area contributed by atoms with E-state index in [0.717, 1.165) is 22.2 Å². The van der Waals surface area contributed by atoms with E-state index in [2.05, 4.69) is 28.6 Å². The molecule has 0 saturated heterocycles. The molecule has 0 aliphatic carbocycles. The topological polar surface area (TPSA) is 100 Å². The molecule has 2 amide bonds. The zero-order valence-corrected chi connectivity index (χ0v) is 15.9. The maximum absolute atomic E-state index is 11.9. The Morgan fingerprint density at radius 2 is 1.88 bits per heavy atom.